The summed E-state index contributed by atoms with van der Waals surface area (Å²) in [5.74, 6) is -0.110. The van der Waals surface area contributed by atoms with E-state index in [0.717, 1.165) is 31.2 Å². The van der Waals surface area contributed by atoms with E-state index in [1.165, 1.54) is 18.6 Å². The summed E-state index contributed by atoms with van der Waals surface area (Å²) in [6, 6.07) is 4.41. The average Bonchev–Trinajstić information content (AvgIpc) is 2.42. The number of benzene rings is 1. The lowest BCUT2D eigenvalue weighted by Gasteiger charge is -2.30. The minimum atomic E-state index is -0.787. The maximum Gasteiger partial charge on any atom is 0.124 e. The minimum Gasteiger partial charge on any atom is -0.390 e. The molecule has 0 aliphatic heterocycles. The van der Waals surface area contributed by atoms with Crippen molar-refractivity contribution in [1.29, 1.82) is 0 Å². The van der Waals surface area contributed by atoms with Crippen molar-refractivity contribution in [3.63, 3.8) is 0 Å². The van der Waals surface area contributed by atoms with Crippen LogP contribution in [-0.2, 0) is 6.42 Å². The van der Waals surface area contributed by atoms with Crippen LogP contribution in [0.2, 0.25) is 0 Å². The Balaban J connectivity index is 1.97. The van der Waals surface area contributed by atoms with Crippen LogP contribution < -0.4 is 0 Å². The quantitative estimate of drug-likeness (QED) is 0.887. The highest BCUT2D eigenvalue weighted by atomic mass is 79.9. The third-order valence-corrected chi connectivity index (χ3v) is 4.71. The molecule has 1 aliphatic carbocycles. The van der Waals surface area contributed by atoms with E-state index in [0.29, 0.717) is 10.9 Å². The van der Waals surface area contributed by atoms with E-state index in [9.17, 15) is 14.6 Å². The third kappa shape index (κ3) is 4.01. The molecule has 0 bridgehead atoms. The number of aliphatic hydroxyl groups is 2. The van der Waals surface area contributed by atoms with Gasteiger partial charge in [-0.15, -0.1) is 0 Å². The lowest BCUT2D eigenvalue weighted by molar-refractivity contribution is -0.0264. The Kier molecular flexibility index (Phi) is 5.37. The summed E-state index contributed by atoms with van der Waals surface area (Å²) >= 11 is 3.29. The third-order valence-electron chi connectivity index (χ3n) is 3.97. The van der Waals surface area contributed by atoms with E-state index in [-0.39, 0.29) is 11.7 Å². The summed E-state index contributed by atoms with van der Waals surface area (Å²) in [5, 5.41) is 20.4. The molecule has 0 heterocycles. The molecule has 106 valence electrons. The highest BCUT2D eigenvalue weighted by Gasteiger charge is 2.28. The molecule has 2 unspecified atom stereocenters. The molecule has 2 rings (SSSR count). The monoisotopic (exact) mass is 330 g/mol. The molecule has 0 spiro atoms. The molecular weight excluding hydrogens is 311 g/mol. The molecule has 4 heteroatoms. The van der Waals surface area contributed by atoms with Crippen LogP contribution in [0.25, 0.3) is 0 Å². The first-order valence-electron chi connectivity index (χ1n) is 6.88. The molecule has 1 saturated carbocycles. The van der Waals surface area contributed by atoms with Gasteiger partial charge in [0, 0.05) is 10.9 Å². The fourth-order valence-electron chi connectivity index (χ4n) is 2.82. The maximum absolute atomic E-state index is 13.0. The van der Waals surface area contributed by atoms with E-state index < -0.39 is 12.2 Å². The van der Waals surface area contributed by atoms with E-state index in [4.69, 9.17) is 0 Å². The predicted molar refractivity (Wildman–Crippen MR) is 76.4 cm³/mol. The highest BCUT2D eigenvalue weighted by molar-refractivity contribution is 9.10. The Bertz CT molecular complexity index is 419. The van der Waals surface area contributed by atoms with Gasteiger partial charge in [-0.2, -0.15) is 0 Å². The van der Waals surface area contributed by atoms with Crippen molar-refractivity contribution >= 4 is 15.9 Å². The van der Waals surface area contributed by atoms with Crippen LogP contribution in [0.5, 0.6) is 0 Å². The van der Waals surface area contributed by atoms with Crippen molar-refractivity contribution in [1.82, 2.24) is 0 Å². The highest BCUT2D eigenvalue weighted by Crippen LogP contribution is 2.29. The zero-order chi connectivity index (χ0) is 13.8. The molecule has 1 fully saturated rings. The average molecular weight is 331 g/mol. The first-order chi connectivity index (χ1) is 9.08. The maximum atomic E-state index is 13.0. The second-order valence-corrected chi connectivity index (χ2v) is 6.25. The van der Waals surface area contributed by atoms with Crippen LogP contribution >= 0.6 is 15.9 Å². The molecule has 2 nitrogen and oxygen atoms in total. The summed E-state index contributed by atoms with van der Waals surface area (Å²) in [6.07, 6.45) is 4.35. The van der Waals surface area contributed by atoms with Gasteiger partial charge in [0.1, 0.15) is 5.82 Å². The largest absolute Gasteiger partial charge is 0.390 e. The second-order valence-electron chi connectivity index (χ2n) is 5.40. The zero-order valence-electron chi connectivity index (χ0n) is 10.9. The molecule has 19 heavy (non-hydrogen) atoms. The smallest absolute Gasteiger partial charge is 0.124 e. The summed E-state index contributed by atoms with van der Waals surface area (Å²) in [4.78, 5) is 0. The van der Waals surface area contributed by atoms with Crippen LogP contribution in [0.1, 0.15) is 37.7 Å². The molecule has 1 aromatic rings. The van der Waals surface area contributed by atoms with Gasteiger partial charge in [-0.3, -0.25) is 0 Å². The first-order valence-corrected chi connectivity index (χ1v) is 7.67. The van der Waals surface area contributed by atoms with Crippen molar-refractivity contribution in [2.24, 2.45) is 5.92 Å². The molecule has 2 N–H and O–H groups in total. The van der Waals surface area contributed by atoms with Gasteiger partial charge in [0.2, 0.25) is 0 Å². The van der Waals surface area contributed by atoms with Crippen LogP contribution in [0.4, 0.5) is 4.39 Å². The zero-order valence-corrected chi connectivity index (χ0v) is 12.4. The number of hydrogen-bond acceptors (Lipinski definition) is 2. The molecular formula is C15H20BrFO2. The van der Waals surface area contributed by atoms with Crippen molar-refractivity contribution in [3.8, 4) is 0 Å². The normalized spacial score (nSPS) is 20.2. The van der Waals surface area contributed by atoms with E-state index in [1.54, 1.807) is 6.07 Å². The van der Waals surface area contributed by atoms with Crippen molar-refractivity contribution in [3.05, 3.63) is 34.1 Å². The Morgan fingerprint density at radius 1 is 1.21 bits per heavy atom. The second kappa shape index (κ2) is 6.82. The standard InChI is InChI=1S/C15H20BrFO2/c16-13-9-12(17)7-6-11(13)8-14(18)15(19)10-4-2-1-3-5-10/h6-7,9-10,14-15,18-19H,1-5,8H2. The first kappa shape index (κ1) is 14.9. The Labute approximate surface area is 121 Å². The van der Waals surface area contributed by atoms with Gasteiger partial charge in [0.05, 0.1) is 12.2 Å². The number of rotatable bonds is 4. The molecule has 0 saturated heterocycles. The fraction of sp³-hybridized carbons (Fsp3) is 0.600. The van der Waals surface area contributed by atoms with Crippen LogP contribution in [0.3, 0.4) is 0 Å². The van der Waals surface area contributed by atoms with Crippen LogP contribution in [0.15, 0.2) is 22.7 Å². The van der Waals surface area contributed by atoms with E-state index in [1.807, 2.05) is 0 Å². The molecule has 0 aromatic heterocycles. The lowest BCUT2D eigenvalue weighted by Crippen LogP contribution is -2.36. The van der Waals surface area contributed by atoms with Crippen molar-refractivity contribution in [2.75, 3.05) is 0 Å². The van der Waals surface area contributed by atoms with Gasteiger partial charge in [0.25, 0.3) is 0 Å². The van der Waals surface area contributed by atoms with Gasteiger partial charge in [0.15, 0.2) is 0 Å². The van der Waals surface area contributed by atoms with Gasteiger partial charge in [-0.1, -0.05) is 41.3 Å². The van der Waals surface area contributed by atoms with Gasteiger partial charge in [-0.25, -0.2) is 4.39 Å². The predicted octanol–water partition coefficient (Wildman–Crippen LogP) is 3.43. The van der Waals surface area contributed by atoms with Crippen molar-refractivity contribution in [2.45, 2.75) is 50.7 Å². The SMILES string of the molecule is OC(Cc1ccc(F)cc1Br)C(O)C1CCCCC1. The summed E-state index contributed by atoms with van der Waals surface area (Å²) in [7, 11) is 0. The van der Waals surface area contributed by atoms with Crippen molar-refractivity contribution < 1.29 is 14.6 Å². The van der Waals surface area contributed by atoms with Gasteiger partial charge >= 0.3 is 0 Å². The summed E-state index contributed by atoms with van der Waals surface area (Å²) < 4.78 is 13.6. The Morgan fingerprint density at radius 2 is 1.89 bits per heavy atom. The Morgan fingerprint density at radius 3 is 2.53 bits per heavy atom. The molecule has 2 atom stereocenters. The summed E-state index contributed by atoms with van der Waals surface area (Å²) in [5.41, 5.74) is 0.823. The van der Waals surface area contributed by atoms with Gasteiger partial charge < -0.3 is 10.2 Å². The number of aliphatic hydroxyl groups excluding tert-OH is 2. The molecule has 1 aromatic carbocycles. The molecule has 0 radical (unpaired) electrons. The number of halogens is 2. The van der Waals surface area contributed by atoms with Crippen LogP contribution in [0, 0.1) is 11.7 Å². The minimum absolute atomic E-state index is 0.197. The fourth-order valence-corrected chi connectivity index (χ4v) is 3.34. The van der Waals surface area contributed by atoms with Crippen LogP contribution in [-0.4, -0.2) is 22.4 Å². The topological polar surface area (TPSA) is 40.5 Å². The molecule has 0 amide bonds. The summed E-state index contributed by atoms with van der Waals surface area (Å²) in [6.45, 7) is 0. The van der Waals surface area contributed by atoms with Gasteiger partial charge in [-0.05, 0) is 36.5 Å². The number of hydrogen-bond donors (Lipinski definition) is 2. The lowest BCUT2D eigenvalue weighted by atomic mass is 9.82. The van der Waals surface area contributed by atoms with E-state index >= 15 is 0 Å². The Hall–Kier alpha value is -0.450. The van der Waals surface area contributed by atoms with E-state index in [2.05, 4.69) is 15.9 Å². The molecule has 1 aliphatic rings.